The molecule has 0 unspecified atom stereocenters. The number of carbonyl (C=O) groups excluding carboxylic acids is 1. The Morgan fingerprint density at radius 3 is 3.08 bits per heavy atom. The number of hydrogen-bond donors (Lipinski definition) is 1. The highest BCUT2D eigenvalue weighted by molar-refractivity contribution is 6.39. The predicted molar refractivity (Wildman–Crippen MR) is 94.1 cm³/mol. The summed E-state index contributed by atoms with van der Waals surface area (Å²) in [6, 6.07) is 6.07. The lowest BCUT2D eigenvalue weighted by Gasteiger charge is -2.21. The summed E-state index contributed by atoms with van der Waals surface area (Å²) in [5.74, 6) is 2.22. The van der Waals surface area contributed by atoms with E-state index in [0.717, 1.165) is 44.1 Å². The number of likely N-dealkylation sites (tertiary alicyclic amines) is 1. The average Bonchev–Trinajstić information content (AvgIpc) is 3.05. The number of fused-ring (bicyclic) bond motifs is 1. The molecule has 4 aliphatic rings. The fraction of sp³-hybridized carbons (Fsp3) is 0.579. The molecule has 1 aromatic carbocycles. The van der Waals surface area contributed by atoms with E-state index in [-0.39, 0.29) is 11.5 Å². The summed E-state index contributed by atoms with van der Waals surface area (Å²) in [6.45, 7) is 3.60. The molecule has 7 nitrogen and oxygen atoms in total. The van der Waals surface area contributed by atoms with E-state index < -0.39 is 0 Å². The lowest BCUT2D eigenvalue weighted by atomic mass is 9.96. The fourth-order valence-electron chi connectivity index (χ4n) is 3.88. The van der Waals surface area contributed by atoms with E-state index in [1.807, 2.05) is 12.1 Å². The molecule has 1 aliphatic carbocycles. The van der Waals surface area contributed by atoms with Crippen molar-refractivity contribution in [3.8, 4) is 11.5 Å². The summed E-state index contributed by atoms with van der Waals surface area (Å²) >= 11 is 0. The van der Waals surface area contributed by atoms with Crippen LogP contribution in [0.15, 0.2) is 23.4 Å². The monoisotopic (exact) mass is 357 g/mol. The Morgan fingerprint density at radius 2 is 2.19 bits per heavy atom. The first-order valence-corrected chi connectivity index (χ1v) is 9.33. The number of rotatable bonds is 5. The Kier molecular flexibility index (Phi) is 3.77. The first-order valence-electron chi connectivity index (χ1n) is 9.33. The SMILES string of the molecule is O=C(NCC1CC1)C1=NO[C@]2(CCN(Cc3ccc4c(c3)OCO4)C2)C1. The molecule has 26 heavy (non-hydrogen) atoms. The third-order valence-corrected chi connectivity index (χ3v) is 5.59. The van der Waals surface area contributed by atoms with Gasteiger partial charge in [-0.1, -0.05) is 11.2 Å². The molecule has 1 spiro atoms. The van der Waals surface area contributed by atoms with Gasteiger partial charge in [0, 0.05) is 39.0 Å². The summed E-state index contributed by atoms with van der Waals surface area (Å²) in [5.41, 5.74) is 1.38. The number of benzene rings is 1. The van der Waals surface area contributed by atoms with Gasteiger partial charge in [-0.3, -0.25) is 9.69 Å². The van der Waals surface area contributed by atoms with E-state index in [9.17, 15) is 4.79 Å². The quantitative estimate of drug-likeness (QED) is 0.868. The van der Waals surface area contributed by atoms with Crippen molar-refractivity contribution in [1.29, 1.82) is 0 Å². The minimum Gasteiger partial charge on any atom is -0.454 e. The van der Waals surface area contributed by atoms with E-state index in [4.69, 9.17) is 14.3 Å². The molecule has 1 amide bonds. The number of oxime groups is 1. The number of hydrogen-bond acceptors (Lipinski definition) is 6. The van der Waals surface area contributed by atoms with Gasteiger partial charge in [-0.15, -0.1) is 0 Å². The zero-order chi connectivity index (χ0) is 17.6. The van der Waals surface area contributed by atoms with Gasteiger partial charge in [0.1, 0.15) is 5.71 Å². The summed E-state index contributed by atoms with van der Waals surface area (Å²) in [6.07, 6.45) is 3.94. The van der Waals surface area contributed by atoms with E-state index in [1.54, 1.807) is 0 Å². The van der Waals surface area contributed by atoms with Crippen molar-refractivity contribution < 1.29 is 19.1 Å². The van der Waals surface area contributed by atoms with Gasteiger partial charge in [0.05, 0.1) is 0 Å². The van der Waals surface area contributed by atoms with Crippen molar-refractivity contribution >= 4 is 11.6 Å². The molecule has 0 bridgehead atoms. The van der Waals surface area contributed by atoms with Crippen LogP contribution < -0.4 is 14.8 Å². The standard InChI is InChI=1S/C19H23N3O4/c23-18(20-9-13-1-2-13)15-8-19(26-21-15)5-6-22(11-19)10-14-3-4-16-17(7-14)25-12-24-16/h3-4,7,13H,1-2,5-6,8-12H2,(H,20,23)/t19-/m1/s1. The molecule has 2 fully saturated rings. The minimum atomic E-state index is -0.345. The van der Waals surface area contributed by atoms with Crippen LogP contribution in [-0.2, 0) is 16.2 Å². The summed E-state index contributed by atoms with van der Waals surface area (Å²) < 4.78 is 10.8. The van der Waals surface area contributed by atoms with Crippen molar-refractivity contribution in [2.75, 3.05) is 26.4 Å². The highest BCUT2D eigenvalue weighted by Crippen LogP contribution is 2.36. The zero-order valence-corrected chi connectivity index (χ0v) is 14.7. The maximum Gasteiger partial charge on any atom is 0.269 e. The van der Waals surface area contributed by atoms with E-state index in [0.29, 0.717) is 24.8 Å². The summed E-state index contributed by atoms with van der Waals surface area (Å²) in [5, 5.41) is 7.08. The van der Waals surface area contributed by atoms with E-state index >= 15 is 0 Å². The molecule has 3 heterocycles. The molecule has 0 aromatic heterocycles. The van der Waals surface area contributed by atoms with Gasteiger partial charge in [0.25, 0.3) is 5.91 Å². The van der Waals surface area contributed by atoms with Crippen LogP contribution in [0.4, 0.5) is 0 Å². The van der Waals surface area contributed by atoms with Gasteiger partial charge >= 0.3 is 0 Å². The molecule has 138 valence electrons. The zero-order valence-electron chi connectivity index (χ0n) is 14.7. The van der Waals surface area contributed by atoms with Crippen LogP contribution in [0.25, 0.3) is 0 Å². The average molecular weight is 357 g/mol. The van der Waals surface area contributed by atoms with Crippen molar-refractivity contribution in [2.45, 2.75) is 37.8 Å². The third kappa shape index (κ3) is 3.11. The van der Waals surface area contributed by atoms with Gasteiger partial charge in [0.15, 0.2) is 17.1 Å². The normalized spacial score (nSPS) is 26.8. The van der Waals surface area contributed by atoms with Crippen LogP contribution in [0, 0.1) is 5.92 Å². The van der Waals surface area contributed by atoms with Crippen molar-refractivity contribution in [3.63, 3.8) is 0 Å². The summed E-state index contributed by atoms with van der Waals surface area (Å²) in [4.78, 5) is 20.3. The van der Waals surface area contributed by atoms with Gasteiger partial charge in [-0.2, -0.15) is 0 Å². The van der Waals surface area contributed by atoms with E-state index in [2.05, 4.69) is 21.4 Å². The largest absolute Gasteiger partial charge is 0.454 e. The molecule has 1 saturated heterocycles. The Hall–Kier alpha value is -2.28. The molecule has 5 rings (SSSR count). The first kappa shape index (κ1) is 15.9. The Balaban J connectivity index is 1.16. The summed E-state index contributed by atoms with van der Waals surface area (Å²) in [7, 11) is 0. The number of nitrogens with one attached hydrogen (secondary N) is 1. The molecule has 1 saturated carbocycles. The second-order valence-electron chi connectivity index (χ2n) is 7.79. The second kappa shape index (κ2) is 6.16. The Morgan fingerprint density at radius 1 is 1.31 bits per heavy atom. The lowest BCUT2D eigenvalue weighted by Crippen LogP contribution is -2.37. The molecule has 1 aromatic rings. The second-order valence-corrected chi connectivity index (χ2v) is 7.79. The highest BCUT2D eigenvalue weighted by Gasteiger charge is 2.46. The lowest BCUT2D eigenvalue weighted by molar-refractivity contribution is -0.115. The van der Waals surface area contributed by atoms with Gasteiger partial charge in [-0.05, 0) is 36.5 Å². The van der Waals surface area contributed by atoms with Gasteiger partial charge < -0.3 is 19.6 Å². The van der Waals surface area contributed by atoms with Crippen LogP contribution in [-0.4, -0.2) is 48.5 Å². The Bertz CT molecular complexity index is 761. The first-order chi connectivity index (χ1) is 12.7. The molecule has 3 aliphatic heterocycles. The number of nitrogens with zero attached hydrogens (tertiary/aromatic N) is 2. The van der Waals surface area contributed by atoms with Crippen LogP contribution in [0.1, 0.15) is 31.2 Å². The third-order valence-electron chi connectivity index (χ3n) is 5.59. The molecular formula is C19H23N3O4. The predicted octanol–water partition coefficient (Wildman–Crippen LogP) is 1.66. The molecule has 1 atom stereocenters. The number of ether oxygens (including phenoxy) is 2. The van der Waals surface area contributed by atoms with Crippen LogP contribution in [0.2, 0.25) is 0 Å². The highest BCUT2D eigenvalue weighted by atomic mass is 16.7. The fourth-order valence-corrected chi connectivity index (χ4v) is 3.88. The van der Waals surface area contributed by atoms with E-state index in [1.165, 1.54) is 18.4 Å². The van der Waals surface area contributed by atoms with Crippen molar-refractivity contribution in [2.24, 2.45) is 11.1 Å². The maximum atomic E-state index is 12.2. The van der Waals surface area contributed by atoms with Crippen molar-refractivity contribution in [1.82, 2.24) is 10.2 Å². The smallest absolute Gasteiger partial charge is 0.269 e. The number of carbonyl (C=O) groups is 1. The van der Waals surface area contributed by atoms with Gasteiger partial charge in [-0.25, -0.2) is 0 Å². The molecule has 1 N–H and O–H groups in total. The molecule has 7 heteroatoms. The Labute approximate surface area is 152 Å². The van der Waals surface area contributed by atoms with Crippen molar-refractivity contribution in [3.05, 3.63) is 23.8 Å². The molecular weight excluding hydrogens is 334 g/mol. The van der Waals surface area contributed by atoms with Crippen LogP contribution in [0.5, 0.6) is 11.5 Å². The van der Waals surface area contributed by atoms with Crippen LogP contribution in [0.3, 0.4) is 0 Å². The maximum absolute atomic E-state index is 12.2. The number of amides is 1. The molecule has 0 radical (unpaired) electrons. The minimum absolute atomic E-state index is 0.0667. The van der Waals surface area contributed by atoms with Crippen LogP contribution >= 0.6 is 0 Å². The topological polar surface area (TPSA) is 72.4 Å². The van der Waals surface area contributed by atoms with Gasteiger partial charge in [0.2, 0.25) is 6.79 Å².